The Labute approximate surface area is 457 Å². The van der Waals surface area contributed by atoms with Crippen molar-refractivity contribution in [2.75, 3.05) is 0 Å². The van der Waals surface area contributed by atoms with Crippen molar-refractivity contribution in [3.8, 4) is 50.6 Å². The third-order valence-corrected chi connectivity index (χ3v) is 13.8. The molecule has 0 bridgehead atoms. The number of furan rings is 1. The molecule has 0 aliphatic rings. The summed E-state index contributed by atoms with van der Waals surface area (Å²) in [6, 6.07) is 55.2. The average molecular weight is 1140 g/mol. The zero-order chi connectivity index (χ0) is 56.4. The third kappa shape index (κ3) is 10.7. The molecule has 0 unspecified atom stereocenters. The molecular weight excluding hydrogens is 1070 g/mol. The number of fused-ring (bicyclic) bond motifs is 4. The van der Waals surface area contributed by atoms with Crippen molar-refractivity contribution < 1.29 is 32.7 Å². The van der Waals surface area contributed by atoms with Crippen LogP contribution in [0.2, 0.25) is 0 Å². The smallest absolute Gasteiger partial charge is 0.121 e. The van der Waals surface area contributed by atoms with Gasteiger partial charge < -0.3 is 14.0 Å². The topological polar surface area (TPSA) is 43.9 Å². The zero-order valence-corrected chi connectivity index (χ0v) is 47.0. The van der Waals surface area contributed by atoms with Crippen molar-refractivity contribution in [1.82, 2.24) is 14.5 Å². The quantitative estimate of drug-likeness (QED) is 0.149. The summed E-state index contributed by atoms with van der Waals surface area (Å²) in [5.41, 5.74) is 16.9. The largest absolute Gasteiger partial charge is 0.501 e. The Bertz CT molecular complexity index is 3720. The Morgan fingerprint density at radius 2 is 1.21 bits per heavy atom. The van der Waals surface area contributed by atoms with Gasteiger partial charge in [-0.3, -0.25) is 4.98 Å². The minimum atomic E-state index is -2.25. The van der Waals surface area contributed by atoms with Gasteiger partial charge in [-0.15, -0.1) is 53.1 Å². The van der Waals surface area contributed by atoms with Crippen LogP contribution >= 0.6 is 0 Å². The van der Waals surface area contributed by atoms with Crippen molar-refractivity contribution >= 4 is 33.0 Å². The molecule has 3 heterocycles. The van der Waals surface area contributed by atoms with Gasteiger partial charge in [-0.1, -0.05) is 193 Å². The van der Waals surface area contributed by atoms with Gasteiger partial charge in [0.25, 0.3) is 0 Å². The summed E-state index contributed by atoms with van der Waals surface area (Å²) in [6.07, 6.45) is 1.41. The normalized spacial score (nSPS) is 13.7. The Morgan fingerprint density at radius 1 is 0.589 bits per heavy atom. The Balaban J connectivity index is 0.000000242. The maximum absolute atomic E-state index is 7.82. The van der Waals surface area contributed by atoms with Crippen molar-refractivity contribution in [2.24, 2.45) is 0 Å². The molecule has 0 amide bonds. The van der Waals surface area contributed by atoms with Gasteiger partial charge in [0, 0.05) is 45.6 Å². The minimum absolute atomic E-state index is 0. The Hall–Kier alpha value is -6.39. The summed E-state index contributed by atoms with van der Waals surface area (Å²) < 4.78 is 56.0. The van der Waals surface area contributed by atoms with Crippen LogP contribution in [0.5, 0.6) is 0 Å². The number of aryl methyl sites for hydroxylation is 2. The molecule has 0 spiro atoms. The summed E-state index contributed by atoms with van der Waals surface area (Å²) >= 11 is 0. The van der Waals surface area contributed by atoms with Gasteiger partial charge in [-0.2, -0.15) is 0 Å². The van der Waals surface area contributed by atoms with E-state index in [1.807, 2.05) is 59.7 Å². The first-order valence-corrected chi connectivity index (χ1v) is 25.3. The summed E-state index contributed by atoms with van der Waals surface area (Å²) in [5, 5.41) is 2.15. The summed E-state index contributed by atoms with van der Waals surface area (Å²) in [7, 11) is 0. The molecule has 0 atom stereocenters. The van der Waals surface area contributed by atoms with Crippen LogP contribution in [0.4, 0.5) is 0 Å². The first kappa shape index (κ1) is 45.2. The van der Waals surface area contributed by atoms with Crippen LogP contribution in [0.3, 0.4) is 0 Å². The maximum Gasteiger partial charge on any atom is 0.121 e. The molecule has 4 nitrogen and oxygen atoms in total. The molecule has 0 aliphatic heterocycles. The fourth-order valence-electron chi connectivity index (χ4n) is 9.77. The van der Waals surface area contributed by atoms with Crippen molar-refractivity contribution in [3.63, 3.8) is 0 Å². The van der Waals surface area contributed by atoms with Crippen LogP contribution in [-0.2, 0) is 36.4 Å². The van der Waals surface area contributed by atoms with Crippen molar-refractivity contribution in [2.45, 2.75) is 132 Å². The van der Waals surface area contributed by atoms with Gasteiger partial charge in [0.2, 0.25) is 0 Å². The van der Waals surface area contributed by atoms with E-state index in [0.717, 1.165) is 49.9 Å². The van der Waals surface area contributed by atoms with Crippen LogP contribution in [0.25, 0.3) is 83.6 Å². The van der Waals surface area contributed by atoms with Gasteiger partial charge in [0.05, 0.1) is 22.4 Å². The molecule has 375 valence electrons. The molecule has 0 N–H and O–H groups in total. The SMILES string of the molecule is CC(C)c1cc(-c2ccc(C(C)(C)C)cc2)cc(C(C)C)c1-n1c(-c2[c-]ccc3c2oc2cc(-c4ccccc4)ccc23)nc2ccccc21.[2H]C([2H])([2H])c1c[c-]c(-c2cc(C(C)(C)C)c(C([2H])([2H])[2H])cn2)cc1C(C)(C)C.[Ir]. The van der Waals surface area contributed by atoms with E-state index in [1.165, 1.54) is 51.3 Å². The number of rotatable bonds is 7. The molecule has 1 radical (unpaired) electrons. The van der Waals surface area contributed by atoms with Crippen molar-refractivity contribution in [1.29, 1.82) is 0 Å². The van der Waals surface area contributed by atoms with Crippen LogP contribution in [0, 0.1) is 25.8 Å². The first-order chi connectivity index (χ1) is 36.5. The second kappa shape index (κ2) is 20.5. The van der Waals surface area contributed by atoms with E-state index in [9.17, 15) is 0 Å². The van der Waals surface area contributed by atoms with Crippen LogP contribution < -0.4 is 0 Å². The summed E-state index contributed by atoms with van der Waals surface area (Å²) in [5.74, 6) is 1.38. The van der Waals surface area contributed by atoms with E-state index in [4.69, 9.17) is 17.6 Å². The number of para-hydroxylation sites is 2. The number of imidazole rings is 1. The van der Waals surface area contributed by atoms with E-state index in [1.54, 1.807) is 6.07 Å². The fraction of sp³-hybridized carbons (Fsp3) is 0.294. The van der Waals surface area contributed by atoms with Gasteiger partial charge >= 0.3 is 0 Å². The summed E-state index contributed by atoms with van der Waals surface area (Å²) in [6.45, 7) is 23.3. The molecule has 73 heavy (non-hydrogen) atoms. The van der Waals surface area contributed by atoms with E-state index < -0.39 is 13.7 Å². The van der Waals surface area contributed by atoms with Crippen molar-refractivity contribution in [3.05, 3.63) is 197 Å². The molecule has 10 rings (SSSR count). The van der Waals surface area contributed by atoms with Crippen LogP contribution in [0.15, 0.2) is 150 Å². The molecule has 5 heteroatoms. The standard InChI is InChI=1S/C47H43N2O.C21H28N.Ir/c1-29(2)39-26-34(32-20-23-35(24-21-32)47(5,6)7)27-40(30(3)4)44(39)49-42-19-12-11-18-41(42)48-46(49)38-17-13-16-37-36-25-22-33(28-43(36)50-45(37)38)31-14-9-8-10-15-31;1-14-9-10-16(11-17(14)20(3,4)5)19-12-18(21(6,7)8)15(2)13-22-19;/h8-16,18-30H,1-7H3;9,11-13H,1-8H3;/q2*-1;/i;1D3,2D3;. The van der Waals surface area contributed by atoms with Crippen LogP contribution in [0.1, 0.15) is 149 Å². The molecule has 10 aromatic rings. The number of nitrogens with zero attached hydrogens (tertiary/aromatic N) is 3. The predicted octanol–water partition coefficient (Wildman–Crippen LogP) is 19.0. The average Bonchev–Trinajstić information content (AvgIpc) is 4.13. The molecule has 0 saturated carbocycles. The van der Waals surface area contributed by atoms with E-state index >= 15 is 0 Å². The Kier molecular flexibility index (Phi) is 12.7. The maximum atomic E-state index is 7.82. The monoisotopic (exact) mass is 1140 g/mol. The van der Waals surface area contributed by atoms with E-state index in [-0.39, 0.29) is 59.3 Å². The molecule has 0 saturated heterocycles. The van der Waals surface area contributed by atoms with Gasteiger partial charge in [-0.05, 0) is 121 Å². The third-order valence-electron chi connectivity index (χ3n) is 13.8. The van der Waals surface area contributed by atoms with E-state index in [0.29, 0.717) is 22.4 Å². The number of hydrogen-bond donors (Lipinski definition) is 0. The number of aromatic nitrogens is 3. The van der Waals surface area contributed by atoms with Crippen LogP contribution in [-0.4, -0.2) is 14.5 Å². The number of benzene rings is 7. The second-order valence-electron chi connectivity index (χ2n) is 23.0. The molecule has 7 aromatic carbocycles. The fourth-order valence-corrected chi connectivity index (χ4v) is 9.77. The Morgan fingerprint density at radius 3 is 1.84 bits per heavy atom. The molecular formula is C68H71IrN3O-2. The molecule has 0 aliphatic carbocycles. The summed E-state index contributed by atoms with van der Waals surface area (Å²) in [4.78, 5) is 9.70. The number of pyridine rings is 1. The minimum Gasteiger partial charge on any atom is -0.501 e. The zero-order valence-electron chi connectivity index (χ0n) is 50.6. The van der Waals surface area contributed by atoms with Gasteiger partial charge in [0.1, 0.15) is 5.58 Å². The molecule has 3 aromatic heterocycles. The second-order valence-corrected chi connectivity index (χ2v) is 23.0. The van der Waals surface area contributed by atoms with Gasteiger partial charge in [-0.25, -0.2) is 0 Å². The number of hydrogen-bond acceptors (Lipinski definition) is 3. The van der Waals surface area contributed by atoms with E-state index in [2.05, 4.69) is 179 Å². The molecule has 0 fully saturated rings. The van der Waals surface area contributed by atoms with Gasteiger partial charge in [0.15, 0.2) is 0 Å². The predicted molar refractivity (Wildman–Crippen MR) is 306 cm³/mol. The first-order valence-electron chi connectivity index (χ1n) is 28.3.